The van der Waals surface area contributed by atoms with Gasteiger partial charge in [-0.2, -0.15) is 0 Å². The van der Waals surface area contributed by atoms with Crippen molar-refractivity contribution >= 4 is 50.5 Å². The van der Waals surface area contributed by atoms with E-state index in [0.717, 1.165) is 14.9 Å². The molecule has 1 unspecified atom stereocenters. The fourth-order valence-corrected chi connectivity index (χ4v) is 3.20. The van der Waals surface area contributed by atoms with Crippen molar-refractivity contribution in [2.45, 2.75) is 12.5 Å². The highest BCUT2D eigenvalue weighted by molar-refractivity contribution is 9.11. The summed E-state index contributed by atoms with van der Waals surface area (Å²) in [5.74, 6) is 0. The first-order valence-corrected chi connectivity index (χ1v) is 7.42. The van der Waals surface area contributed by atoms with Gasteiger partial charge in [0.15, 0.2) is 0 Å². The van der Waals surface area contributed by atoms with Crippen LogP contribution >= 0.6 is 50.5 Å². The van der Waals surface area contributed by atoms with E-state index in [0.29, 0.717) is 16.5 Å². The maximum Gasteiger partial charge on any atom is 0.0701 e. The summed E-state index contributed by atoms with van der Waals surface area (Å²) in [5, 5.41) is 3.44. The van der Waals surface area contributed by atoms with Crippen molar-refractivity contribution in [1.82, 2.24) is 0 Å². The molecular formula is C12H10BrCl2NS. The molecule has 0 saturated heterocycles. The molecule has 0 amide bonds. The van der Waals surface area contributed by atoms with E-state index in [1.807, 2.05) is 17.5 Å². The van der Waals surface area contributed by atoms with Gasteiger partial charge in [0.2, 0.25) is 0 Å². The van der Waals surface area contributed by atoms with E-state index in [2.05, 4.69) is 15.9 Å². The summed E-state index contributed by atoms with van der Waals surface area (Å²) in [6, 6.07) is 7.42. The van der Waals surface area contributed by atoms with Crippen LogP contribution in [0.25, 0.3) is 0 Å². The van der Waals surface area contributed by atoms with Crippen molar-refractivity contribution in [1.29, 1.82) is 0 Å². The second kappa shape index (κ2) is 5.72. The van der Waals surface area contributed by atoms with Gasteiger partial charge in [-0.15, -0.1) is 11.3 Å². The molecule has 5 heteroatoms. The lowest BCUT2D eigenvalue weighted by Gasteiger charge is -2.11. The van der Waals surface area contributed by atoms with Crippen LogP contribution in [-0.2, 0) is 6.42 Å². The third-order valence-corrected chi connectivity index (χ3v) is 4.59. The first-order chi connectivity index (χ1) is 8.06. The molecule has 0 radical (unpaired) electrons. The lowest BCUT2D eigenvalue weighted by atomic mass is 10.0. The fraction of sp³-hybridized carbons (Fsp3) is 0.167. The Bertz CT molecular complexity index is 527. The van der Waals surface area contributed by atoms with Gasteiger partial charge in [-0.1, -0.05) is 23.2 Å². The highest BCUT2D eigenvalue weighted by Crippen LogP contribution is 2.29. The lowest BCUT2D eigenvalue weighted by molar-refractivity contribution is 0.725. The van der Waals surface area contributed by atoms with Crippen molar-refractivity contribution in [3.05, 3.63) is 54.6 Å². The Labute approximate surface area is 123 Å². The van der Waals surface area contributed by atoms with Crippen LogP contribution in [0.5, 0.6) is 0 Å². The maximum atomic E-state index is 6.14. The van der Waals surface area contributed by atoms with E-state index in [1.165, 1.54) is 0 Å². The fourth-order valence-electron chi connectivity index (χ4n) is 1.57. The van der Waals surface area contributed by atoms with Crippen molar-refractivity contribution < 1.29 is 0 Å². The summed E-state index contributed by atoms with van der Waals surface area (Å²) in [7, 11) is 0. The molecule has 2 rings (SSSR count). The molecule has 0 fully saturated rings. The molecular weight excluding hydrogens is 341 g/mol. The normalized spacial score (nSPS) is 12.7. The van der Waals surface area contributed by atoms with E-state index in [4.69, 9.17) is 28.9 Å². The van der Waals surface area contributed by atoms with Crippen LogP contribution in [0.15, 0.2) is 33.4 Å². The van der Waals surface area contributed by atoms with Gasteiger partial charge in [0.25, 0.3) is 0 Å². The van der Waals surface area contributed by atoms with E-state index in [-0.39, 0.29) is 6.04 Å². The van der Waals surface area contributed by atoms with E-state index < -0.39 is 0 Å². The standard InChI is InChI=1S/C12H10BrCl2NS/c13-12-5-8(6-17-12)11(16)4-7-3-9(14)1-2-10(7)15/h1-3,5-6,11H,4,16H2. The summed E-state index contributed by atoms with van der Waals surface area (Å²) < 4.78 is 1.08. The highest BCUT2D eigenvalue weighted by atomic mass is 79.9. The Morgan fingerprint density at radius 3 is 2.71 bits per heavy atom. The number of rotatable bonds is 3. The molecule has 17 heavy (non-hydrogen) atoms. The zero-order valence-corrected chi connectivity index (χ0v) is 12.7. The topological polar surface area (TPSA) is 26.0 Å². The Hall–Kier alpha value is -0.0600. The van der Waals surface area contributed by atoms with Crippen molar-refractivity contribution in [3.8, 4) is 0 Å². The average Bonchev–Trinajstić information content (AvgIpc) is 2.70. The molecule has 0 aliphatic carbocycles. The van der Waals surface area contributed by atoms with Crippen LogP contribution in [0.2, 0.25) is 10.0 Å². The minimum Gasteiger partial charge on any atom is -0.324 e. The zero-order valence-electron chi connectivity index (χ0n) is 8.79. The Morgan fingerprint density at radius 2 is 2.06 bits per heavy atom. The Kier molecular flexibility index (Phi) is 4.50. The predicted molar refractivity (Wildman–Crippen MR) is 79.1 cm³/mol. The van der Waals surface area contributed by atoms with Gasteiger partial charge in [0, 0.05) is 16.1 Å². The molecule has 1 atom stereocenters. The second-order valence-electron chi connectivity index (χ2n) is 3.73. The number of hydrogen-bond acceptors (Lipinski definition) is 2. The SMILES string of the molecule is NC(Cc1cc(Cl)ccc1Cl)c1csc(Br)c1. The average molecular weight is 351 g/mol. The summed E-state index contributed by atoms with van der Waals surface area (Å²) in [4.78, 5) is 0. The predicted octanol–water partition coefficient (Wildman–Crippen LogP) is 5.06. The minimum absolute atomic E-state index is 0.0616. The molecule has 2 N–H and O–H groups in total. The smallest absolute Gasteiger partial charge is 0.0701 e. The first-order valence-electron chi connectivity index (χ1n) is 4.99. The molecule has 1 aromatic carbocycles. The van der Waals surface area contributed by atoms with Crippen LogP contribution in [0.1, 0.15) is 17.2 Å². The zero-order chi connectivity index (χ0) is 12.4. The van der Waals surface area contributed by atoms with Crippen LogP contribution in [-0.4, -0.2) is 0 Å². The van der Waals surface area contributed by atoms with Gasteiger partial charge in [-0.05, 0) is 63.1 Å². The largest absolute Gasteiger partial charge is 0.324 e. The van der Waals surface area contributed by atoms with E-state index in [9.17, 15) is 0 Å². The van der Waals surface area contributed by atoms with Crippen LogP contribution in [0.4, 0.5) is 0 Å². The molecule has 0 aliphatic rings. The van der Waals surface area contributed by atoms with Gasteiger partial charge in [0.1, 0.15) is 0 Å². The third-order valence-electron chi connectivity index (χ3n) is 2.46. The summed E-state index contributed by atoms with van der Waals surface area (Å²) >= 11 is 17.1. The van der Waals surface area contributed by atoms with Gasteiger partial charge in [-0.3, -0.25) is 0 Å². The quantitative estimate of drug-likeness (QED) is 0.822. The maximum absolute atomic E-state index is 6.14. The monoisotopic (exact) mass is 349 g/mol. The number of halogens is 3. The van der Waals surface area contributed by atoms with Gasteiger partial charge in [-0.25, -0.2) is 0 Å². The molecule has 0 aliphatic heterocycles. The molecule has 1 aromatic heterocycles. The molecule has 1 heterocycles. The number of thiophene rings is 1. The first kappa shape index (κ1) is 13.4. The van der Waals surface area contributed by atoms with Crippen LogP contribution in [0, 0.1) is 0 Å². The highest BCUT2D eigenvalue weighted by Gasteiger charge is 2.11. The molecule has 0 bridgehead atoms. The molecule has 0 spiro atoms. The van der Waals surface area contributed by atoms with Gasteiger partial charge < -0.3 is 5.73 Å². The van der Waals surface area contributed by atoms with Crippen LogP contribution < -0.4 is 5.73 Å². The number of hydrogen-bond donors (Lipinski definition) is 1. The minimum atomic E-state index is -0.0616. The van der Waals surface area contributed by atoms with Crippen LogP contribution in [0.3, 0.4) is 0 Å². The van der Waals surface area contributed by atoms with E-state index >= 15 is 0 Å². The molecule has 90 valence electrons. The van der Waals surface area contributed by atoms with Crippen molar-refractivity contribution in [3.63, 3.8) is 0 Å². The molecule has 2 aromatic rings. The molecule has 1 nitrogen and oxygen atoms in total. The van der Waals surface area contributed by atoms with Gasteiger partial charge >= 0.3 is 0 Å². The third kappa shape index (κ3) is 3.46. The number of benzene rings is 1. The van der Waals surface area contributed by atoms with Crippen molar-refractivity contribution in [2.24, 2.45) is 5.73 Å². The van der Waals surface area contributed by atoms with Gasteiger partial charge in [0.05, 0.1) is 3.79 Å². The lowest BCUT2D eigenvalue weighted by Crippen LogP contribution is -2.12. The van der Waals surface area contributed by atoms with Crippen molar-refractivity contribution in [2.75, 3.05) is 0 Å². The van der Waals surface area contributed by atoms with E-state index in [1.54, 1.807) is 23.5 Å². The molecule has 0 saturated carbocycles. The Morgan fingerprint density at radius 1 is 1.29 bits per heavy atom. The number of nitrogens with two attached hydrogens (primary N) is 1. The summed E-state index contributed by atoms with van der Waals surface area (Å²) in [6.45, 7) is 0. The second-order valence-corrected chi connectivity index (χ2v) is 6.86. The summed E-state index contributed by atoms with van der Waals surface area (Å²) in [5.41, 5.74) is 8.23. The summed E-state index contributed by atoms with van der Waals surface area (Å²) in [6.07, 6.45) is 0.683. The Balaban J connectivity index is 2.18.